The third-order valence-corrected chi connectivity index (χ3v) is 3.28. The van der Waals surface area contributed by atoms with E-state index in [4.69, 9.17) is 0 Å². The lowest BCUT2D eigenvalue weighted by Crippen LogP contribution is -1.94. The number of rotatable bonds is 3. The predicted molar refractivity (Wildman–Crippen MR) is 74.0 cm³/mol. The van der Waals surface area contributed by atoms with Gasteiger partial charge in [-0.15, -0.1) is 0 Å². The van der Waals surface area contributed by atoms with Crippen molar-refractivity contribution in [2.75, 3.05) is 0 Å². The van der Waals surface area contributed by atoms with Gasteiger partial charge in [-0.25, -0.2) is 0 Å². The molecule has 0 spiro atoms. The fraction of sp³-hybridized carbons (Fsp3) is 0.250. The van der Waals surface area contributed by atoms with Crippen molar-refractivity contribution >= 4 is 0 Å². The van der Waals surface area contributed by atoms with Crippen molar-refractivity contribution in [3.05, 3.63) is 47.5 Å². The molecule has 0 fully saturated rings. The number of phenols is 2. The summed E-state index contributed by atoms with van der Waals surface area (Å²) in [6.07, 6.45) is 1.36. The van der Waals surface area contributed by atoms with Gasteiger partial charge in [0.25, 0.3) is 0 Å². The molecule has 2 aromatic carbocycles. The van der Waals surface area contributed by atoms with E-state index in [0.29, 0.717) is 12.0 Å². The van der Waals surface area contributed by atoms with E-state index in [-0.39, 0.29) is 11.5 Å². The first-order chi connectivity index (χ1) is 8.69. The highest BCUT2D eigenvalue weighted by molar-refractivity contribution is 5.73. The molecular weight excluding hydrogens is 224 g/mol. The lowest BCUT2D eigenvalue weighted by atomic mass is 9.93. The fourth-order valence-corrected chi connectivity index (χ4v) is 2.32. The second kappa shape index (κ2) is 5.13. The molecule has 18 heavy (non-hydrogen) atoms. The van der Waals surface area contributed by atoms with E-state index in [1.165, 1.54) is 0 Å². The summed E-state index contributed by atoms with van der Waals surface area (Å²) in [6.45, 7) is 3.94. The Kier molecular flexibility index (Phi) is 3.56. The number of benzene rings is 2. The van der Waals surface area contributed by atoms with Gasteiger partial charge in [0, 0.05) is 11.1 Å². The van der Waals surface area contributed by atoms with Crippen molar-refractivity contribution in [3.8, 4) is 22.6 Å². The van der Waals surface area contributed by atoms with E-state index in [1.807, 2.05) is 44.2 Å². The topological polar surface area (TPSA) is 40.5 Å². The van der Waals surface area contributed by atoms with Crippen LogP contribution < -0.4 is 0 Å². The van der Waals surface area contributed by atoms with E-state index in [9.17, 15) is 10.2 Å². The molecule has 2 nitrogen and oxygen atoms in total. The van der Waals surface area contributed by atoms with Gasteiger partial charge in [0.1, 0.15) is 11.5 Å². The normalized spacial score (nSPS) is 10.6. The van der Waals surface area contributed by atoms with E-state index in [0.717, 1.165) is 23.1 Å². The van der Waals surface area contributed by atoms with Crippen molar-refractivity contribution in [2.24, 2.45) is 0 Å². The summed E-state index contributed by atoms with van der Waals surface area (Å²) < 4.78 is 0. The molecule has 2 aromatic rings. The minimum atomic E-state index is 0.172. The Labute approximate surface area is 108 Å². The average molecular weight is 242 g/mol. The maximum absolute atomic E-state index is 10.3. The second-order valence-electron chi connectivity index (χ2n) is 4.32. The Morgan fingerprint density at radius 3 is 2.06 bits per heavy atom. The summed E-state index contributed by atoms with van der Waals surface area (Å²) in [5.41, 5.74) is 3.45. The monoisotopic (exact) mass is 242 g/mol. The van der Waals surface area contributed by atoms with Gasteiger partial charge in [-0.2, -0.15) is 0 Å². The number of aromatic hydroxyl groups is 2. The summed E-state index contributed by atoms with van der Waals surface area (Å²) in [5.74, 6) is 0.407. The third-order valence-electron chi connectivity index (χ3n) is 3.28. The summed E-state index contributed by atoms with van der Waals surface area (Å²) in [5, 5.41) is 20.2. The zero-order chi connectivity index (χ0) is 13.1. The molecule has 0 saturated carbocycles. The van der Waals surface area contributed by atoms with Crippen LogP contribution in [0.4, 0.5) is 0 Å². The van der Waals surface area contributed by atoms with Crippen molar-refractivity contribution < 1.29 is 10.2 Å². The Balaban J connectivity index is 2.69. The van der Waals surface area contributed by atoms with E-state index in [2.05, 4.69) is 0 Å². The molecule has 0 saturated heterocycles. The Morgan fingerprint density at radius 2 is 1.50 bits per heavy atom. The quantitative estimate of drug-likeness (QED) is 0.857. The number of hydrogen-bond acceptors (Lipinski definition) is 2. The predicted octanol–water partition coefficient (Wildman–Crippen LogP) is 3.89. The maximum Gasteiger partial charge on any atom is 0.126 e. The molecule has 0 amide bonds. The Hall–Kier alpha value is -1.96. The minimum absolute atomic E-state index is 0.172. The van der Waals surface area contributed by atoms with Crippen LogP contribution >= 0.6 is 0 Å². The first kappa shape index (κ1) is 12.5. The number of phenolic OH excluding ortho intramolecular Hbond substituents is 2. The minimum Gasteiger partial charge on any atom is -0.508 e. The average Bonchev–Trinajstić information content (AvgIpc) is 2.39. The molecule has 0 unspecified atom stereocenters. The summed E-state index contributed by atoms with van der Waals surface area (Å²) in [7, 11) is 0. The highest BCUT2D eigenvalue weighted by Gasteiger charge is 2.15. The van der Waals surface area contributed by atoms with Crippen LogP contribution in [-0.2, 0) is 12.8 Å². The summed E-state index contributed by atoms with van der Waals surface area (Å²) in [4.78, 5) is 0. The third kappa shape index (κ3) is 2.06. The van der Waals surface area contributed by atoms with Crippen molar-refractivity contribution in [3.63, 3.8) is 0 Å². The van der Waals surface area contributed by atoms with Gasteiger partial charge in [0.2, 0.25) is 0 Å². The molecule has 0 aliphatic heterocycles. The van der Waals surface area contributed by atoms with Gasteiger partial charge < -0.3 is 10.2 Å². The van der Waals surface area contributed by atoms with Gasteiger partial charge in [-0.05, 0) is 30.0 Å². The van der Waals surface area contributed by atoms with Crippen molar-refractivity contribution in [1.29, 1.82) is 0 Å². The van der Waals surface area contributed by atoms with Crippen LogP contribution in [-0.4, -0.2) is 10.2 Å². The lowest BCUT2D eigenvalue weighted by Gasteiger charge is -2.15. The molecular formula is C16H18O2. The van der Waals surface area contributed by atoms with Crippen LogP contribution in [0.5, 0.6) is 11.5 Å². The number of hydrogen-bond donors (Lipinski definition) is 2. The second-order valence-corrected chi connectivity index (χ2v) is 4.32. The zero-order valence-corrected chi connectivity index (χ0v) is 10.8. The molecule has 0 radical (unpaired) electrons. The van der Waals surface area contributed by atoms with Crippen LogP contribution in [0, 0.1) is 0 Å². The highest BCUT2D eigenvalue weighted by Crippen LogP contribution is 2.39. The van der Waals surface area contributed by atoms with E-state index in [1.54, 1.807) is 6.07 Å². The molecule has 0 aliphatic carbocycles. The van der Waals surface area contributed by atoms with Gasteiger partial charge in [-0.1, -0.05) is 44.2 Å². The molecule has 0 bridgehead atoms. The lowest BCUT2D eigenvalue weighted by molar-refractivity contribution is 0.436. The van der Waals surface area contributed by atoms with Crippen LogP contribution in [0.15, 0.2) is 36.4 Å². The molecule has 2 rings (SSSR count). The molecule has 2 heteroatoms. The zero-order valence-electron chi connectivity index (χ0n) is 10.8. The van der Waals surface area contributed by atoms with Crippen LogP contribution in [0.1, 0.15) is 25.0 Å². The van der Waals surface area contributed by atoms with E-state index >= 15 is 0 Å². The largest absolute Gasteiger partial charge is 0.508 e. The molecule has 0 aliphatic rings. The Morgan fingerprint density at radius 1 is 0.889 bits per heavy atom. The summed E-state index contributed by atoms with van der Waals surface area (Å²) in [6, 6.07) is 11.6. The van der Waals surface area contributed by atoms with Crippen molar-refractivity contribution in [2.45, 2.75) is 26.7 Å². The first-order valence-corrected chi connectivity index (χ1v) is 6.31. The van der Waals surface area contributed by atoms with Crippen LogP contribution in [0.25, 0.3) is 11.1 Å². The van der Waals surface area contributed by atoms with Gasteiger partial charge in [-0.3, -0.25) is 0 Å². The van der Waals surface area contributed by atoms with E-state index < -0.39 is 0 Å². The SMILES string of the molecule is CCc1c(O)cc(-c2ccccc2)c(CC)c1O. The van der Waals surface area contributed by atoms with Gasteiger partial charge in [0.15, 0.2) is 0 Å². The van der Waals surface area contributed by atoms with Gasteiger partial charge in [0.05, 0.1) is 0 Å². The Bertz CT molecular complexity index is 545. The molecule has 0 aromatic heterocycles. The molecule has 0 atom stereocenters. The van der Waals surface area contributed by atoms with Crippen LogP contribution in [0.3, 0.4) is 0 Å². The molecule has 0 heterocycles. The first-order valence-electron chi connectivity index (χ1n) is 6.31. The van der Waals surface area contributed by atoms with Gasteiger partial charge >= 0.3 is 0 Å². The van der Waals surface area contributed by atoms with Crippen molar-refractivity contribution in [1.82, 2.24) is 0 Å². The smallest absolute Gasteiger partial charge is 0.126 e. The van der Waals surface area contributed by atoms with Crippen LogP contribution in [0.2, 0.25) is 0 Å². The summed E-state index contributed by atoms with van der Waals surface area (Å²) >= 11 is 0. The fourth-order valence-electron chi connectivity index (χ4n) is 2.32. The maximum atomic E-state index is 10.3. The highest BCUT2D eigenvalue weighted by atomic mass is 16.3. The molecule has 2 N–H and O–H groups in total. The molecule has 94 valence electrons. The standard InChI is InChI=1S/C16H18O2/c1-3-12-14(11-8-6-5-7-9-11)10-15(17)13(4-2)16(12)18/h5-10,17-18H,3-4H2,1-2H3.